The summed E-state index contributed by atoms with van der Waals surface area (Å²) >= 11 is 2.02. The number of hydrogen-bond acceptors (Lipinski definition) is 1. The van der Waals surface area contributed by atoms with Crippen LogP contribution in [0.25, 0.3) is 0 Å². The van der Waals surface area contributed by atoms with Crippen LogP contribution in [0, 0.1) is 27.9 Å². The maximum Gasteiger partial charge on any atom is 0.194 e. The standard InChI is InChI=1S/C14H10F3IO/c1-7-3-2-4-9(13(7)18)14(19)8-5-6-10(15)12(17)11(8)16/h2-6,14,19H,1H3. The molecule has 0 aliphatic carbocycles. The lowest BCUT2D eigenvalue weighted by atomic mass is 9.99. The van der Waals surface area contributed by atoms with Crippen LogP contribution in [0.1, 0.15) is 22.8 Å². The topological polar surface area (TPSA) is 20.2 Å². The van der Waals surface area contributed by atoms with Crippen molar-refractivity contribution in [2.45, 2.75) is 13.0 Å². The van der Waals surface area contributed by atoms with Gasteiger partial charge in [0.1, 0.15) is 6.10 Å². The summed E-state index contributed by atoms with van der Waals surface area (Å²) in [5, 5.41) is 10.2. The van der Waals surface area contributed by atoms with Crippen LogP contribution >= 0.6 is 22.6 Å². The van der Waals surface area contributed by atoms with Gasteiger partial charge in [0, 0.05) is 9.13 Å². The van der Waals surface area contributed by atoms with Crippen LogP contribution in [0.2, 0.25) is 0 Å². The summed E-state index contributed by atoms with van der Waals surface area (Å²) in [5.74, 6) is -4.20. The Balaban J connectivity index is 2.53. The van der Waals surface area contributed by atoms with Crippen LogP contribution in [0.15, 0.2) is 30.3 Å². The minimum atomic E-state index is -1.57. The third-order valence-corrected chi connectivity index (χ3v) is 4.35. The highest BCUT2D eigenvalue weighted by atomic mass is 127. The molecule has 0 aliphatic heterocycles. The molecule has 0 fully saturated rings. The first-order valence-corrected chi connectivity index (χ1v) is 6.57. The average molecular weight is 378 g/mol. The normalized spacial score (nSPS) is 12.5. The van der Waals surface area contributed by atoms with Gasteiger partial charge in [-0.3, -0.25) is 0 Å². The van der Waals surface area contributed by atoms with Crippen LogP contribution in [-0.2, 0) is 0 Å². The second kappa shape index (κ2) is 5.50. The molecular formula is C14H10F3IO. The maximum absolute atomic E-state index is 13.7. The minimum Gasteiger partial charge on any atom is -0.384 e. The van der Waals surface area contributed by atoms with E-state index >= 15 is 0 Å². The third-order valence-electron chi connectivity index (χ3n) is 2.88. The summed E-state index contributed by atoms with van der Waals surface area (Å²) in [6, 6.07) is 7.05. The van der Waals surface area contributed by atoms with Crippen molar-refractivity contribution in [2.24, 2.45) is 0 Å². The Hall–Kier alpha value is -1.08. The molecule has 1 unspecified atom stereocenters. The molecule has 0 saturated heterocycles. The van der Waals surface area contributed by atoms with E-state index in [1.54, 1.807) is 12.1 Å². The van der Waals surface area contributed by atoms with E-state index in [1.165, 1.54) is 0 Å². The van der Waals surface area contributed by atoms with Crippen LogP contribution in [0.4, 0.5) is 13.2 Å². The zero-order chi connectivity index (χ0) is 14.2. The molecule has 0 amide bonds. The minimum absolute atomic E-state index is 0.276. The van der Waals surface area contributed by atoms with Gasteiger partial charge in [0.15, 0.2) is 17.5 Å². The van der Waals surface area contributed by atoms with Gasteiger partial charge in [-0.1, -0.05) is 24.3 Å². The Morgan fingerprint density at radius 3 is 2.37 bits per heavy atom. The molecule has 1 nitrogen and oxygen atoms in total. The summed E-state index contributed by atoms with van der Waals surface area (Å²) < 4.78 is 40.5. The maximum atomic E-state index is 13.7. The number of benzene rings is 2. The van der Waals surface area contributed by atoms with Gasteiger partial charge in [0.05, 0.1) is 0 Å². The van der Waals surface area contributed by atoms with E-state index in [-0.39, 0.29) is 5.56 Å². The number of hydrogen-bond donors (Lipinski definition) is 1. The number of rotatable bonds is 2. The average Bonchev–Trinajstić information content (AvgIpc) is 2.39. The molecule has 1 N–H and O–H groups in total. The fourth-order valence-corrected chi connectivity index (χ4v) is 2.46. The predicted octanol–water partition coefficient (Wildman–Crippen LogP) is 4.10. The highest BCUT2D eigenvalue weighted by molar-refractivity contribution is 14.1. The summed E-state index contributed by atoms with van der Waals surface area (Å²) in [7, 11) is 0. The summed E-state index contributed by atoms with van der Waals surface area (Å²) in [6.07, 6.45) is -1.33. The quantitative estimate of drug-likeness (QED) is 0.617. The summed E-state index contributed by atoms with van der Waals surface area (Å²) in [4.78, 5) is 0. The Morgan fingerprint density at radius 2 is 1.68 bits per heavy atom. The van der Waals surface area contributed by atoms with Crippen molar-refractivity contribution in [3.63, 3.8) is 0 Å². The number of aryl methyl sites for hydroxylation is 1. The fraction of sp³-hybridized carbons (Fsp3) is 0.143. The number of aliphatic hydroxyl groups excluding tert-OH is 1. The smallest absolute Gasteiger partial charge is 0.194 e. The van der Waals surface area contributed by atoms with Crippen molar-refractivity contribution in [1.82, 2.24) is 0 Å². The molecule has 0 bridgehead atoms. The molecule has 2 aromatic carbocycles. The van der Waals surface area contributed by atoms with Crippen LogP contribution < -0.4 is 0 Å². The lowest BCUT2D eigenvalue weighted by Crippen LogP contribution is -2.07. The van der Waals surface area contributed by atoms with Crippen molar-refractivity contribution in [2.75, 3.05) is 0 Å². The molecule has 100 valence electrons. The molecule has 0 radical (unpaired) electrons. The molecule has 0 spiro atoms. The molecule has 2 rings (SSSR count). The lowest BCUT2D eigenvalue weighted by molar-refractivity contribution is 0.211. The molecule has 1 atom stereocenters. The third kappa shape index (κ3) is 2.62. The van der Waals surface area contributed by atoms with Crippen LogP contribution in [0.5, 0.6) is 0 Å². The van der Waals surface area contributed by atoms with E-state index in [0.717, 1.165) is 21.3 Å². The molecule has 5 heteroatoms. The monoisotopic (exact) mass is 378 g/mol. The highest BCUT2D eigenvalue weighted by Gasteiger charge is 2.22. The number of halogens is 4. The van der Waals surface area contributed by atoms with Gasteiger partial charge in [0.25, 0.3) is 0 Å². The van der Waals surface area contributed by atoms with E-state index in [9.17, 15) is 18.3 Å². The lowest BCUT2D eigenvalue weighted by Gasteiger charge is -2.15. The van der Waals surface area contributed by atoms with Gasteiger partial charge in [-0.2, -0.15) is 0 Å². The van der Waals surface area contributed by atoms with Crippen molar-refractivity contribution in [1.29, 1.82) is 0 Å². The van der Waals surface area contributed by atoms with Gasteiger partial charge < -0.3 is 5.11 Å². The molecule has 0 aliphatic rings. The predicted molar refractivity (Wildman–Crippen MR) is 74.3 cm³/mol. The van der Waals surface area contributed by atoms with Gasteiger partial charge in [-0.15, -0.1) is 0 Å². The molecule has 2 aromatic rings. The van der Waals surface area contributed by atoms with E-state index in [0.29, 0.717) is 5.56 Å². The van der Waals surface area contributed by atoms with E-state index in [1.807, 2.05) is 35.6 Å². The highest BCUT2D eigenvalue weighted by Crippen LogP contribution is 2.30. The van der Waals surface area contributed by atoms with Gasteiger partial charge >= 0.3 is 0 Å². The SMILES string of the molecule is Cc1cccc(C(O)c2ccc(F)c(F)c2F)c1I. The Morgan fingerprint density at radius 1 is 1.00 bits per heavy atom. The first kappa shape index (κ1) is 14.3. The molecule has 0 saturated carbocycles. The zero-order valence-electron chi connectivity index (χ0n) is 9.92. The molecule has 0 heterocycles. The van der Waals surface area contributed by atoms with Gasteiger partial charge in [-0.05, 0) is 46.7 Å². The van der Waals surface area contributed by atoms with Gasteiger partial charge in [0.2, 0.25) is 0 Å². The van der Waals surface area contributed by atoms with Crippen LogP contribution in [-0.4, -0.2) is 5.11 Å². The second-order valence-corrected chi connectivity index (χ2v) is 5.22. The Kier molecular flexibility index (Phi) is 4.15. The molecule has 19 heavy (non-hydrogen) atoms. The number of aliphatic hydroxyl groups is 1. The first-order valence-electron chi connectivity index (χ1n) is 5.50. The van der Waals surface area contributed by atoms with E-state index in [2.05, 4.69) is 0 Å². The molecular weight excluding hydrogens is 368 g/mol. The van der Waals surface area contributed by atoms with Gasteiger partial charge in [-0.25, -0.2) is 13.2 Å². The van der Waals surface area contributed by atoms with Crippen molar-refractivity contribution in [3.05, 3.63) is 68.0 Å². The first-order chi connectivity index (χ1) is 8.93. The summed E-state index contributed by atoms with van der Waals surface area (Å²) in [5.41, 5.74) is 1.10. The van der Waals surface area contributed by atoms with Crippen molar-refractivity contribution < 1.29 is 18.3 Å². The molecule has 0 aromatic heterocycles. The van der Waals surface area contributed by atoms with Crippen molar-refractivity contribution >= 4 is 22.6 Å². The van der Waals surface area contributed by atoms with E-state index < -0.39 is 23.6 Å². The van der Waals surface area contributed by atoms with E-state index in [4.69, 9.17) is 0 Å². The summed E-state index contributed by atoms with van der Waals surface area (Å²) in [6.45, 7) is 1.85. The largest absolute Gasteiger partial charge is 0.384 e. The van der Waals surface area contributed by atoms with Crippen LogP contribution in [0.3, 0.4) is 0 Å². The second-order valence-electron chi connectivity index (χ2n) is 4.15. The Bertz CT molecular complexity index is 628. The fourth-order valence-electron chi connectivity index (χ4n) is 1.80. The van der Waals surface area contributed by atoms with Crippen molar-refractivity contribution in [3.8, 4) is 0 Å². The zero-order valence-corrected chi connectivity index (χ0v) is 12.1. The Labute approximate surface area is 122 Å².